The van der Waals surface area contributed by atoms with Crippen LogP contribution >= 0.6 is 0 Å². The highest BCUT2D eigenvalue weighted by atomic mass is 32.2. The van der Waals surface area contributed by atoms with Crippen molar-refractivity contribution in [3.05, 3.63) is 23.8 Å². The lowest BCUT2D eigenvalue weighted by atomic mass is 9.79. The van der Waals surface area contributed by atoms with Crippen LogP contribution in [-0.4, -0.2) is 31.8 Å². The van der Waals surface area contributed by atoms with E-state index in [0.29, 0.717) is 0 Å². The summed E-state index contributed by atoms with van der Waals surface area (Å²) in [6.45, 7) is 1.75. The molecule has 0 saturated heterocycles. The Morgan fingerprint density at radius 3 is 2.29 bits per heavy atom. The molecule has 0 atom stereocenters. The lowest BCUT2D eigenvalue weighted by molar-refractivity contribution is 0.424. The van der Waals surface area contributed by atoms with E-state index in [1.807, 2.05) is 0 Å². The third kappa shape index (κ3) is 2.34. The molecule has 0 aliphatic heterocycles. The van der Waals surface area contributed by atoms with Crippen LogP contribution in [-0.2, 0) is 9.84 Å². The smallest absolute Gasteiger partial charge is 0.423 e. The monoisotopic (exact) mass is 214 g/mol. The van der Waals surface area contributed by atoms with E-state index in [4.69, 9.17) is 10.0 Å². The number of hydrogen-bond acceptors (Lipinski definition) is 4. The fourth-order valence-electron chi connectivity index (χ4n) is 1.21. The third-order valence-electron chi connectivity index (χ3n) is 1.84. The molecule has 1 aromatic carbocycles. The van der Waals surface area contributed by atoms with Crippen LogP contribution < -0.4 is 5.46 Å². The van der Waals surface area contributed by atoms with Gasteiger partial charge in [-0.3, -0.25) is 0 Å². The normalized spacial score (nSPS) is 11.4. The van der Waals surface area contributed by atoms with E-state index >= 15 is 0 Å². The van der Waals surface area contributed by atoms with Crippen LogP contribution in [0.4, 0.5) is 0 Å². The molecule has 2 N–H and O–H groups in total. The summed E-state index contributed by atoms with van der Waals surface area (Å²) in [5.41, 5.74) is 0.799. The summed E-state index contributed by atoms with van der Waals surface area (Å²) in [5, 5.41) is 18.0. The molecule has 0 spiro atoms. The maximum Gasteiger partial charge on any atom is 0.489 e. The molecule has 76 valence electrons. The van der Waals surface area contributed by atoms with Gasteiger partial charge in [0, 0.05) is 11.7 Å². The fraction of sp³-hybridized carbons (Fsp3) is 0.250. The van der Waals surface area contributed by atoms with Gasteiger partial charge >= 0.3 is 7.12 Å². The second-order valence-electron chi connectivity index (χ2n) is 3.19. The molecule has 4 nitrogen and oxygen atoms in total. The molecule has 1 rings (SSSR count). The predicted molar refractivity (Wildman–Crippen MR) is 54.1 cm³/mol. The molecule has 0 unspecified atom stereocenters. The zero-order chi connectivity index (χ0) is 10.9. The highest BCUT2D eigenvalue weighted by molar-refractivity contribution is 7.91. The van der Waals surface area contributed by atoms with Gasteiger partial charge in [0.25, 0.3) is 0 Å². The first-order chi connectivity index (χ1) is 6.32. The Bertz CT molecular complexity index is 439. The maximum atomic E-state index is 11.2. The largest absolute Gasteiger partial charge is 0.489 e. The molecule has 0 amide bonds. The molecular formula is C8H11BO4S. The summed E-state index contributed by atoms with van der Waals surface area (Å²) in [6, 6.07) is 4.43. The second kappa shape index (κ2) is 3.72. The van der Waals surface area contributed by atoms with Gasteiger partial charge in [-0.1, -0.05) is 17.7 Å². The maximum absolute atomic E-state index is 11.2. The van der Waals surface area contributed by atoms with Crippen molar-refractivity contribution in [2.75, 3.05) is 6.26 Å². The van der Waals surface area contributed by atoms with Gasteiger partial charge in [0.05, 0.1) is 4.90 Å². The topological polar surface area (TPSA) is 74.6 Å². The number of benzene rings is 1. The van der Waals surface area contributed by atoms with Crippen molar-refractivity contribution in [1.29, 1.82) is 0 Å². The molecule has 6 heteroatoms. The van der Waals surface area contributed by atoms with Gasteiger partial charge in [-0.15, -0.1) is 0 Å². The first-order valence-corrected chi connectivity index (χ1v) is 5.88. The van der Waals surface area contributed by atoms with E-state index in [2.05, 4.69) is 0 Å². The van der Waals surface area contributed by atoms with Crippen LogP contribution in [0, 0.1) is 6.92 Å². The Labute approximate surface area is 83.3 Å². The number of hydrogen-bond donors (Lipinski definition) is 2. The lowest BCUT2D eigenvalue weighted by Gasteiger charge is -2.07. The summed E-state index contributed by atoms with van der Waals surface area (Å²) in [4.78, 5) is -0.0434. The van der Waals surface area contributed by atoms with E-state index in [1.165, 1.54) is 12.1 Å². The fourth-order valence-corrected chi connectivity index (χ4v) is 2.12. The van der Waals surface area contributed by atoms with Gasteiger partial charge in [-0.25, -0.2) is 8.42 Å². The van der Waals surface area contributed by atoms with Crippen molar-refractivity contribution in [3.63, 3.8) is 0 Å². The number of rotatable bonds is 2. The Hall–Kier alpha value is -0.845. The average Bonchev–Trinajstić information content (AvgIpc) is 2.01. The molecule has 0 aliphatic carbocycles. The zero-order valence-electron chi connectivity index (χ0n) is 7.93. The molecule has 0 saturated carbocycles. The summed E-state index contributed by atoms with van der Waals surface area (Å²) < 4.78 is 22.5. The average molecular weight is 214 g/mol. The zero-order valence-corrected chi connectivity index (χ0v) is 8.75. The van der Waals surface area contributed by atoms with Crippen molar-refractivity contribution in [1.82, 2.24) is 0 Å². The standard InChI is InChI=1S/C8H11BO4S/c1-6-3-4-8(14(2,12)13)7(5-6)9(10)11/h3-5,10-11H,1-2H3. The molecule has 0 aromatic heterocycles. The Morgan fingerprint density at radius 1 is 1.29 bits per heavy atom. The van der Waals surface area contributed by atoms with Crippen LogP contribution in [0.25, 0.3) is 0 Å². The minimum absolute atomic E-state index is 0.0208. The quantitative estimate of drug-likeness (QED) is 0.624. The van der Waals surface area contributed by atoms with Gasteiger partial charge in [0.2, 0.25) is 0 Å². The molecular weight excluding hydrogens is 203 g/mol. The van der Waals surface area contributed by atoms with Gasteiger partial charge in [-0.05, 0) is 13.0 Å². The van der Waals surface area contributed by atoms with Crippen LogP contribution in [0.15, 0.2) is 23.1 Å². The molecule has 0 fully saturated rings. The SMILES string of the molecule is Cc1ccc(S(C)(=O)=O)c(B(O)O)c1. The highest BCUT2D eigenvalue weighted by Gasteiger charge is 2.21. The first-order valence-electron chi connectivity index (χ1n) is 3.99. The number of sulfone groups is 1. The van der Waals surface area contributed by atoms with Crippen molar-refractivity contribution < 1.29 is 18.5 Å². The van der Waals surface area contributed by atoms with Gasteiger partial charge in [0.15, 0.2) is 9.84 Å². The van der Waals surface area contributed by atoms with E-state index in [9.17, 15) is 8.42 Å². The predicted octanol–water partition coefficient (Wildman–Crippen LogP) is -0.922. The molecule has 1 aromatic rings. The van der Waals surface area contributed by atoms with Crippen LogP contribution in [0.5, 0.6) is 0 Å². The van der Waals surface area contributed by atoms with Crippen molar-refractivity contribution >= 4 is 22.4 Å². The van der Waals surface area contributed by atoms with Gasteiger partial charge in [-0.2, -0.15) is 0 Å². The molecule has 0 heterocycles. The first kappa shape index (κ1) is 11.2. The minimum atomic E-state index is -3.42. The van der Waals surface area contributed by atoms with Crippen molar-refractivity contribution in [2.45, 2.75) is 11.8 Å². The summed E-state index contributed by atoms with van der Waals surface area (Å²) in [5.74, 6) is 0. The molecule has 14 heavy (non-hydrogen) atoms. The molecule has 0 bridgehead atoms. The van der Waals surface area contributed by atoms with Crippen molar-refractivity contribution in [3.8, 4) is 0 Å². The van der Waals surface area contributed by atoms with Crippen molar-refractivity contribution in [2.24, 2.45) is 0 Å². The van der Waals surface area contributed by atoms with E-state index < -0.39 is 17.0 Å². The van der Waals surface area contributed by atoms with Crippen LogP contribution in [0.2, 0.25) is 0 Å². The van der Waals surface area contributed by atoms with Crippen LogP contribution in [0.1, 0.15) is 5.56 Å². The summed E-state index contributed by atoms with van der Waals surface area (Å²) >= 11 is 0. The van der Waals surface area contributed by atoms with E-state index in [1.54, 1.807) is 13.0 Å². The van der Waals surface area contributed by atoms with Gasteiger partial charge in [0.1, 0.15) is 0 Å². The summed E-state index contributed by atoms with van der Waals surface area (Å²) in [7, 11) is -5.18. The van der Waals surface area contributed by atoms with E-state index in [-0.39, 0.29) is 10.4 Å². The second-order valence-corrected chi connectivity index (χ2v) is 5.17. The number of aryl methyl sites for hydroxylation is 1. The van der Waals surface area contributed by atoms with Gasteiger partial charge < -0.3 is 10.0 Å². The summed E-state index contributed by atoms with van der Waals surface area (Å²) in [6.07, 6.45) is 1.03. The van der Waals surface area contributed by atoms with E-state index in [0.717, 1.165) is 11.8 Å². The molecule has 0 radical (unpaired) electrons. The Balaban J connectivity index is 3.45. The third-order valence-corrected chi connectivity index (χ3v) is 3.01. The Morgan fingerprint density at radius 2 is 1.86 bits per heavy atom. The lowest BCUT2D eigenvalue weighted by Crippen LogP contribution is -2.34. The highest BCUT2D eigenvalue weighted by Crippen LogP contribution is 2.08. The minimum Gasteiger partial charge on any atom is -0.423 e. The molecule has 0 aliphatic rings. The van der Waals surface area contributed by atoms with Crippen LogP contribution in [0.3, 0.4) is 0 Å². The Kier molecular flexibility index (Phi) is 2.99.